The van der Waals surface area contributed by atoms with Gasteiger partial charge in [-0.1, -0.05) is 30.3 Å². The molecule has 0 aromatic heterocycles. The van der Waals surface area contributed by atoms with Gasteiger partial charge in [0.2, 0.25) is 0 Å². The first-order chi connectivity index (χ1) is 11.0. The van der Waals surface area contributed by atoms with Gasteiger partial charge in [-0.05, 0) is 33.7 Å². The minimum atomic E-state index is -0.299. The minimum Gasteiger partial charge on any atom is -0.207 e. The number of fused-ring (bicyclic) bond motifs is 3. The first-order valence-electron chi connectivity index (χ1n) is 6.90. The quantitative estimate of drug-likeness (QED) is 0.198. The Bertz CT molecular complexity index is 1120. The van der Waals surface area contributed by atoms with Crippen LogP contribution in [0.4, 0.5) is 4.39 Å². The second kappa shape index (κ2) is 5.52. The topological polar surface area (TPSA) is 0 Å². The molecular weight excluding hydrogens is 363 g/mol. The van der Waals surface area contributed by atoms with Crippen molar-refractivity contribution in [1.82, 2.24) is 0 Å². The maximum atomic E-state index is 13.7. The zero-order valence-electron chi connectivity index (χ0n) is 11.7. The third-order valence-corrected chi connectivity index (χ3v) is 5.98. The maximum absolute atomic E-state index is 13.7. The van der Waals surface area contributed by atoms with E-state index in [2.05, 4.69) is 12.6 Å². The van der Waals surface area contributed by atoms with Crippen molar-refractivity contribution in [3.05, 3.63) is 48.3 Å². The van der Waals surface area contributed by atoms with Crippen LogP contribution < -0.4 is 0 Å². The van der Waals surface area contributed by atoms with Crippen molar-refractivity contribution in [2.24, 2.45) is 0 Å². The number of hydrogen-bond donors (Lipinski definition) is 4. The van der Waals surface area contributed by atoms with E-state index in [-0.39, 0.29) is 5.82 Å². The van der Waals surface area contributed by atoms with Crippen molar-refractivity contribution in [2.75, 3.05) is 0 Å². The number of hydrogen-bond acceptors (Lipinski definition) is 4. The lowest BCUT2D eigenvalue weighted by atomic mass is 9.98. The van der Waals surface area contributed by atoms with Crippen LogP contribution in [0.1, 0.15) is 0 Å². The highest BCUT2D eigenvalue weighted by molar-refractivity contribution is 7.83. The highest BCUT2D eigenvalue weighted by Gasteiger charge is 2.18. The van der Waals surface area contributed by atoms with Crippen LogP contribution in [0.2, 0.25) is 0 Å². The highest BCUT2D eigenvalue weighted by atomic mass is 32.1. The van der Waals surface area contributed by atoms with Crippen LogP contribution in [0.15, 0.2) is 62.0 Å². The molecule has 0 aliphatic carbocycles. The van der Waals surface area contributed by atoms with Crippen molar-refractivity contribution in [3.63, 3.8) is 0 Å². The van der Waals surface area contributed by atoms with Crippen molar-refractivity contribution >= 4 is 82.8 Å². The molecule has 0 amide bonds. The number of rotatable bonds is 0. The standard InChI is InChI=1S/C18H11FS4/c19-8-5-6-11-12(7-8)18(23)14-13(17(11)22)15(20)9-3-1-2-4-10(9)16(14)21/h1-7,20-23H. The molecule has 0 nitrogen and oxygen atoms in total. The molecule has 0 atom stereocenters. The Morgan fingerprint density at radius 2 is 1.00 bits per heavy atom. The average Bonchev–Trinajstić information content (AvgIpc) is 2.56. The summed E-state index contributed by atoms with van der Waals surface area (Å²) in [7, 11) is 0. The van der Waals surface area contributed by atoms with Gasteiger partial charge in [-0.3, -0.25) is 0 Å². The summed E-state index contributed by atoms with van der Waals surface area (Å²) < 4.78 is 13.7. The summed E-state index contributed by atoms with van der Waals surface area (Å²) in [5.74, 6) is -0.299. The average molecular weight is 375 g/mol. The van der Waals surface area contributed by atoms with Crippen LogP contribution in [0.25, 0.3) is 32.3 Å². The van der Waals surface area contributed by atoms with Crippen LogP contribution >= 0.6 is 50.5 Å². The Morgan fingerprint density at radius 1 is 0.565 bits per heavy atom. The molecule has 4 rings (SSSR count). The Kier molecular flexibility index (Phi) is 3.72. The molecule has 0 saturated carbocycles. The lowest BCUT2D eigenvalue weighted by Gasteiger charge is -2.17. The molecule has 0 spiro atoms. The van der Waals surface area contributed by atoms with E-state index < -0.39 is 0 Å². The molecule has 0 fully saturated rings. The molecule has 23 heavy (non-hydrogen) atoms. The second-order valence-corrected chi connectivity index (χ2v) is 7.17. The fraction of sp³-hybridized carbons (Fsp3) is 0. The summed E-state index contributed by atoms with van der Waals surface area (Å²) in [5, 5.41) is 5.33. The van der Waals surface area contributed by atoms with E-state index >= 15 is 0 Å². The monoisotopic (exact) mass is 374 g/mol. The van der Waals surface area contributed by atoms with Crippen molar-refractivity contribution in [1.29, 1.82) is 0 Å². The summed E-state index contributed by atoms with van der Waals surface area (Å²) in [4.78, 5) is 3.09. The third kappa shape index (κ3) is 2.18. The molecule has 114 valence electrons. The Labute approximate surface area is 154 Å². The number of halogens is 1. The van der Waals surface area contributed by atoms with Gasteiger partial charge >= 0.3 is 0 Å². The van der Waals surface area contributed by atoms with E-state index in [9.17, 15) is 4.39 Å². The lowest BCUT2D eigenvalue weighted by molar-refractivity contribution is 0.629. The van der Waals surface area contributed by atoms with Gasteiger partial charge in [0, 0.05) is 30.4 Å². The summed E-state index contributed by atoms with van der Waals surface area (Å²) in [5.41, 5.74) is 0. The molecule has 0 unspecified atom stereocenters. The smallest absolute Gasteiger partial charge is 0.123 e. The molecule has 0 saturated heterocycles. The van der Waals surface area contributed by atoms with E-state index in [0.29, 0.717) is 4.90 Å². The minimum absolute atomic E-state index is 0.299. The van der Waals surface area contributed by atoms with E-state index in [1.165, 1.54) is 12.1 Å². The second-order valence-electron chi connectivity index (χ2n) is 5.38. The lowest BCUT2D eigenvalue weighted by Crippen LogP contribution is -1.90. The number of benzene rings is 4. The normalized spacial score (nSPS) is 11.7. The molecule has 0 aliphatic heterocycles. The Balaban J connectivity index is 2.40. The fourth-order valence-electron chi connectivity index (χ4n) is 3.05. The maximum Gasteiger partial charge on any atom is 0.123 e. The van der Waals surface area contributed by atoms with Gasteiger partial charge in [0.1, 0.15) is 5.82 Å². The van der Waals surface area contributed by atoms with Crippen LogP contribution in [0.5, 0.6) is 0 Å². The van der Waals surface area contributed by atoms with Gasteiger partial charge in [-0.15, -0.1) is 50.5 Å². The van der Waals surface area contributed by atoms with Gasteiger partial charge in [0.15, 0.2) is 0 Å². The van der Waals surface area contributed by atoms with Crippen LogP contribution in [0, 0.1) is 5.82 Å². The predicted molar refractivity (Wildman–Crippen MR) is 108 cm³/mol. The highest BCUT2D eigenvalue weighted by Crippen LogP contribution is 2.46. The summed E-state index contributed by atoms with van der Waals surface area (Å²) >= 11 is 18.8. The van der Waals surface area contributed by atoms with Gasteiger partial charge in [-0.25, -0.2) is 4.39 Å². The molecule has 4 aromatic rings. The Hall–Kier alpha value is -1.01. The zero-order valence-corrected chi connectivity index (χ0v) is 15.3. The molecule has 0 N–H and O–H groups in total. The SMILES string of the molecule is Fc1ccc2c(S)c3c(S)c4ccccc4c(S)c3c(S)c2c1. The molecule has 0 aliphatic rings. The van der Waals surface area contributed by atoms with Crippen molar-refractivity contribution < 1.29 is 4.39 Å². The largest absolute Gasteiger partial charge is 0.207 e. The summed E-state index contributed by atoms with van der Waals surface area (Å²) in [6.07, 6.45) is 0. The molecule has 0 radical (unpaired) electrons. The van der Waals surface area contributed by atoms with Crippen LogP contribution in [0.3, 0.4) is 0 Å². The first kappa shape index (κ1) is 15.5. The van der Waals surface area contributed by atoms with Crippen LogP contribution in [-0.2, 0) is 0 Å². The summed E-state index contributed by atoms with van der Waals surface area (Å²) in [6.45, 7) is 0. The molecule has 4 aromatic carbocycles. The zero-order chi connectivity index (χ0) is 16.3. The molecule has 0 heterocycles. The third-order valence-electron chi connectivity index (χ3n) is 4.13. The molecular formula is C18H11FS4. The van der Waals surface area contributed by atoms with Crippen molar-refractivity contribution in [2.45, 2.75) is 19.6 Å². The molecule has 5 heteroatoms. The first-order valence-corrected chi connectivity index (χ1v) is 8.69. The van der Waals surface area contributed by atoms with Crippen molar-refractivity contribution in [3.8, 4) is 0 Å². The van der Waals surface area contributed by atoms with E-state index in [0.717, 1.165) is 47.0 Å². The van der Waals surface area contributed by atoms with Gasteiger partial charge < -0.3 is 0 Å². The van der Waals surface area contributed by atoms with Gasteiger partial charge in [-0.2, -0.15) is 0 Å². The van der Waals surface area contributed by atoms with E-state index in [1.54, 1.807) is 6.07 Å². The van der Waals surface area contributed by atoms with E-state index in [1.807, 2.05) is 24.3 Å². The number of thiol groups is 4. The predicted octanol–water partition coefficient (Wildman–Crippen LogP) is 6.44. The van der Waals surface area contributed by atoms with Gasteiger partial charge in [0.25, 0.3) is 0 Å². The van der Waals surface area contributed by atoms with E-state index in [4.69, 9.17) is 37.9 Å². The molecule has 0 bridgehead atoms. The Morgan fingerprint density at radius 3 is 1.52 bits per heavy atom. The van der Waals surface area contributed by atoms with Gasteiger partial charge in [0.05, 0.1) is 0 Å². The van der Waals surface area contributed by atoms with Crippen LogP contribution in [-0.4, -0.2) is 0 Å². The summed E-state index contributed by atoms with van der Waals surface area (Å²) in [6, 6.07) is 12.6. The fourth-order valence-corrected chi connectivity index (χ4v) is 4.89.